The van der Waals surface area contributed by atoms with Gasteiger partial charge in [0.1, 0.15) is 0 Å². The molecule has 0 saturated heterocycles. The maximum atomic E-state index is 11.4. The maximum Gasteiger partial charge on any atom is 0.0794 e. The van der Waals surface area contributed by atoms with Crippen LogP contribution in [0.1, 0.15) is 45.6 Å². The average molecular weight is 845 g/mol. The first kappa shape index (κ1) is 50.8. The Morgan fingerprint density at radius 3 is 0.863 bits per heavy atom. The Morgan fingerprint density at radius 1 is 0.490 bits per heavy atom. The summed E-state index contributed by atoms with van der Waals surface area (Å²) in [5.74, 6) is 0. The second kappa shape index (κ2) is 24.8. The molecular formula is C31H40Cl2N6Ni2O10-2. The fraction of sp³-hybridized carbons (Fsp3) is 0.355. The normalized spacial score (nSPS) is 11.0. The summed E-state index contributed by atoms with van der Waals surface area (Å²) in [6.07, 6.45) is -0.584. The van der Waals surface area contributed by atoms with Crippen molar-refractivity contribution in [2.24, 2.45) is 0 Å². The van der Waals surface area contributed by atoms with E-state index in [-0.39, 0.29) is 38.5 Å². The van der Waals surface area contributed by atoms with Crippen LogP contribution in [-0.2, 0) is 59.2 Å². The first-order chi connectivity index (χ1) is 22.3. The van der Waals surface area contributed by atoms with E-state index in [1.165, 1.54) is 0 Å². The van der Waals surface area contributed by atoms with E-state index >= 15 is 0 Å². The van der Waals surface area contributed by atoms with Gasteiger partial charge in [-0.3, -0.25) is 29.7 Å². The van der Waals surface area contributed by atoms with Gasteiger partial charge in [-0.25, -0.2) is 37.3 Å². The first-order valence-electron chi connectivity index (χ1n) is 14.4. The molecule has 0 fully saturated rings. The van der Waals surface area contributed by atoms with Crippen molar-refractivity contribution in [2.45, 2.75) is 60.0 Å². The van der Waals surface area contributed by atoms with E-state index in [1.807, 2.05) is 100 Å². The van der Waals surface area contributed by atoms with E-state index in [2.05, 4.69) is 9.80 Å². The number of hydrogen-bond acceptors (Lipinski definition) is 15. The van der Waals surface area contributed by atoms with Crippen LogP contribution in [0, 0.1) is 48.2 Å². The van der Waals surface area contributed by atoms with Crippen LogP contribution in [0.25, 0.3) is 0 Å². The number of halogens is 2. The van der Waals surface area contributed by atoms with Gasteiger partial charge in [-0.1, -0.05) is 24.3 Å². The Bertz CT molecular complexity index is 1340. The van der Waals surface area contributed by atoms with Gasteiger partial charge in [0.15, 0.2) is 0 Å². The molecule has 4 aromatic rings. The van der Waals surface area contributed by atoms with Crippen LogP contribution in [0.3, 0.4) is 0 Å². The van der Waals surface area contributed by atoms with Crippen molar-refractivity contribution in [3.8, 4) is 0 Å². The maximum absolute atomic E-state index is 11.4. The quantitative estimate of drug-likeness (QED) is 0.130. The summed E-state index contributed by atoms with van der Waals surface area (Å²) in [6.45, 7) is 11.5. The topological polar surface area (TPSA) is 294 Å². The van der Waals surface area contributed by atoms with E-state index < -0.39 is 26.6 Å². The number of aliphatic hydroxyl groups excluding tert-OH is 1. The summed E-state index contributed by atoms with van der Waals surface area (Å²) in [4.78, 5) is 23.2. The molecule has 0 saturated carbocycles. The van der Waals surface area contributed by atoms with Crippen molar-refractivity contribution in [1.82, 2.24) is 29.7 Å². The third-order valence-corrected chi connectivity index (χ3v) is 6.26. The summed E-state index contributed by atoms with van der Waals surface area (Å²) < 4.78 is 67.9. The zero-order valence-corrected chi connectivity index (χ0v) is 31.5. The molecule has 0 amide bonds. The number of hydrogen-bond donors (Lipinski definition) is 1. The van der Waals surface area contributed by atoms with Crippen molar-refractivity contribution in [3.63, 3.8) is 0 Å². The summed E-state index contributed by atoms with van der Waals surface area (Å²) in [6, 6.07) is 24.3. The van der Waals surface area contributed by atoms with Gasteiger partial charge in [0.25, 0.3) is 0 Å². The zero-order valence-electron chi connectivity index (χ0n) is 28.0. The molecule has 4 aromatic heterocycles. The smallest absolute Gasteiger partial charge is 0.0794 e. The summed E-state index contributed by atoms with van der Waals surface area (Å²) in [5, 5.41) is 11.4. The molecule has 0 bridgehead atoms. The molecule has 0 aliphatic heterocycles. The van der Waals surface area contributed by atoms with E-state index in [0.717, 1.165) is 45.6 Å². The standard InChI is InChI=1S/C31H38N6O.2ClHO4.2Ni.H2O/c1-23-9-5-13-27(32-23)17-36(18-28-14-6-10-24(2)33-28)21-31(38)22-37(19-29-15-7-11-25(3)34-29)20-30-16-8-12-26(4)35-30;2*2-1(3,4)5;;;/h5-16,31,38H,17-22H2,1-4H3;2*(H,2,3,4,5);;;1H2/p-2. The van der Waals surface area contributed by atoms with Gasteiger partial charge < -0.3 is 10.6 Å². The van der Waals surface area contributed by atoms with Crippen LogP contribution in [0.5, 0.6) is 0 Å². The molecule has 4 heterocycles. The largest absolute Gasteiger partial charge is 0.412 e. The Labute approximate surface area is 321 Å². The Hall–Kier alpha value is -2.31. The molecular weight excluding hydrogens is 805 g/mol. The number of aliphatic hydroxyl groups is 1. The van der Waals surface area contributed by atoms with Crippen LogP contribution < -0.4 is 37.3 Å². The summed E-state index contributed by atoms with van der Waals surface area (Å²) in [7, 11) is -9.89. The minimum Gasteiger partial charge on any atom is -0.412 e. The number of nitrogens with zero attached hydrogens (tertiary/aromatic N) is 6. The molecule has 51 heavy (non-hydrogen) atoms. The molecule has 290 valence electrons. The molecule has 0 spiro atoms. The average Bonchev–Trinajstić information content (AvgIpc) is 2.91. The van der Waals surface area contributed by atoms with Crippen LogP contribution in [0.15, 0.2) is 72.8 Å². The van der Waals surface area contributed by atoms with Gasteiger partial charge in [0.05, 0.1) is 28.9 Å². The molecule has 0 radical (unpaired) electrons. The second-order valence-electron chi connectivity index (χ2n) is 10.8. The van der Waals surface area contributed by atoms with Gasteiger partial charge in [-0.05, 0) is 76.2 Å². The van der Waals surface area contributed by atoms with Crippen LogP contribution in [0.2, 0.25) is 0 Å². The monoisotopic (exact) mass is 842 g/mol. The number of rotatable bonds is 12. The molecule has 0 aliphatic rings. The molecule has 4 rings (SSSR count). The molecule has 0 aliphatic carbocycles. The SMILES string of the molecule is Cc1cccc(CN(Cc2cccc(C)n2)CC(O)CN(Cc2cccc(C)n2)Cc2cccc(C)n2)n1.O.[Ni].[Ni].[O-][Cl+3]([O-])([O-])[O-].[O-][Cl+3]([O-])([O-])[O-]. The third-order valence-electron chi connectivity index (χ3n) is 6.26. The van der Waals surface area contributed by atoms with Crippen molar-refractivity contribution in [2.75, 3.05) is 13.1 Å². The molecule has 0 atom stereocenters. The fourth-order valence-electron chi connectivity index (χ4n) is 4.69. The van der Waals surface area contributed by atoms with Gasteiger partial charge in [0.2, 0.25) is 0 Å². The minimum atomic E-state index is -4.94. The predicted molar refractivity (Wildman–Crippen MR) is 154 cm³/mol. The zero-order chi connectivity index (χ0) is 35.9. The van der Waals surface area contributed by atoms with Crippen molar-refractivity contribution >= 4 is 0 Å². The van der Waals surface area contributed by atoms with Gasteiger partial charge in [-0.2, -0.15) is 0 Å². The molecule has 0 aromatic carbocycles. The van der Waals surface area contributed by atoms with Crippen LogP contribution in [0.4, 0.5) is 0 Å². The van der Waals surface area contributed by atoms with E-state index in [9.17, 15) is 5.11 Å². The van der Waals surface area contributed by atoms with Crippen molar-refractivity contribution < 1.29 is 101 Å². The van der Waals surface area contributed by atoms with Gasteiger partial charge in [0, 0.05) is 95.0 Å². The number of pyridine rings is 4. The fourth-order valence-corrected chi connectivity index (χ4v) is 4.69. The molecule has 3 N–H and O–H groups in total. The molecule has 20 heteroatoms. The van der Waals surface area contributed by atoms with Crippen LogP contribution in [-0.4, -0.2) is 59.5 Å². The Kier molecular flexibility index (Phi) is 24.7. The third kappa shape index (κ3) is 26.2. The van der Waals surface area contributed by atoms with E-state index in [1.54, 1.807) is 0 Å². The van der Waals surface area contributed by atoms with E-state index in [0.29, 0.717) is 39.3 Å². The molecule has 0 unspecified atom stereocenters. The van der Waals surface area contributed by atoms with E-state index in [4.69, 9.17) is 57.2 Å². The number of aromatic nitrogens is 4. The second-order valence-corrected chi connectivity index (χ2v) is 12.3. The Balaban J connectivity index is 0. The van der Waals surface area contributed by atoms with Gasteiger partial charge >= 0.3 is 0 Å². The number of aryl methyl sites for hydroxylation is 4. The first-order valence-corrected chi connectivity index (χ1v) is 16.9. The van der Waals surface area contributed by atoms with Crippen molar-refractivity contribution in [1.29, 1.82) is 0 Å². The van der Waals surface area contributed by atoms with Crippen LogP contribution >= 0.6 is 0 Å². The summed E-state index contributed by atoms with van der Waals surface area (Å²) >= 11 is 0. The Morgan fingerprint density at radius 2 is 0.686 bits per heavy atom. The minimum absolute atomic E-state index is 0. The summed E-state index contributed by atoms with van der Waals surface area (Å²) in [5.41, 5.74) is 7.87. The predicted octanol–water partition coefficient (Wildman–Crippen LogP) is -5.78. The molecule has 16 nitrogen and oxygen atoms in total. The van der Waals surface area contributed by atoms with Gasteiger partial charge in [-0.15, -0.1) is 20.5 Å². The van der Waals surface area contributed by atoms with Crippen molar-refractivity contribution in [3.05, 3.63) is 118 Å².